The maximum absolute atomic E-state index is 12.7. The van der Waals surface area contributed by atoms with E-state index in [9.17, 15) is 9.59 Å². The molecule has 0 fully saturated rings. The third-order valence-corrected chi connectivity index (χ3v) is 3.86. The first kappa shape index (κ1) is 14.3. The summed E-state index contributed by atoms with van der Waals surface area (Å²) in [4.78, 5) is 30.0. The van der Waals surface area contributed by atoms with E-state index in [-0.39, 0.29) is 24.2 Å². The Morgan fingerprint density at radius 2 is 2.09 bits per heavy atom. The lowest BCUT2D eigenvalue weighted by Crippen LogP contribution is -2.30. The van der Waals surface area contributed by atoms with Crippen LogP contribution in [0.15, 0.2) is 48.8 Å². The van der Waals surface area contributed by atoms with Crippen LogP contribution in [0.3, 0.4) is 0 Å². The van der Waals surface area contributed by atoms with Crippen molar-refractivity contribution < 1.29 is 14.3 Å². The minimum atomic E-state index is -0.268. The molecular weight excluding hydrogens is 280 g/mol. The molecule has 0 N–H and O–H groups in total. The van der Waals surface area contributed by atoms with Gasteiger partial charge in [-0.2, -0.15) is 0 Å². The van der Waals surface area contributed by atoms with Crippen LogP contribution in [-0.2, 0) is 9.53 Å². The number of anilines is 1. The first-order valence-corrected chi connectivity index (χ1v) is 7.08. The van der Waals surface area contributed by atoms with Crippen molar-refractivity contribution in [2.75, 3.05) is 18.6 Å². The molecule has 1 atom stereocenters. The molecule has 1 aromatic heterocycles. The topological polar surface area (TPSA) is 59.5 Å². The molecule has 5 nitrogen and oxygen atoms in total. The number of pyridine rings is 1. The average Bonchev–Trinajstić information content (AvgIpc) is 2.93. The number of para-hydroxylation sites is 1. The number of hydrogen-bond acceptors (Lipinski definition) is 4. The highest BCUT2D eigenvalue weighted by Gasteiger charge is 2.33. The number of carbonyl (C=O) groups excluding carboxylic acids is 2. The lowest BCUT2D eigenvalue weighted by molar-refractivity contribution is -0.141. The van der Waals surface area contributed by atoms with E-state index < -0.39 is 0 Å². The van der Waals surface area contributed by atoms with Crippen molar-refractivity contribution in [3.8, 4) is 0 Å². The van der Waals surface area contributed by atoms with Gasteiger partial charge < -0.3 is 9.64 Å². The lowest BCUT2D eigenvalue weighted by Gasteiger charge is -2.17. The highest BCUT2D eigenvalue weighted by Crippen LogP contribution is 2.38. The Morgan fingerprint density at radius 3 is 2.82 bits per heavy atom. The minimum absolute atomic E-state index is 0.0377. The lowest BCUT2D eigenvalue weighted by atomic mass is 9.98. The van der Waals surface area contributed by atoms with Crippen LogP contribution in [0, 0.1) is 0 Å². The molecule has 2 heterocycles. The summed E-state index contributed by atoms with van der Waals surface area (Å²) in [5, 5.41) is 0. The molecular formula is C17H16N2O3. The van der Waals surface area contributed by atoms with Gasteiger partial charge >= 0.3 is 5.97 Å². The van der Waals surface area contributed by atoms with E-state index in [0.717, 1.165) is 11.3 Å². The molecule has 1 aliphatic rings. The Morgan fingerprint density at radius 1 is 1.27 bits per heavy atom. The van der Waals surface area contributed by atoms with Crippen molar-refractivity contribution >= 4 is 17.6 Å². The highest BCUT2D eigenvalue weighted by molar-refractivity contribution is 6.07. The van der Waals surface area contributed by atoms with E-state index in [1.54, 1.807) is 29.4 Å². The number of nitrogens with zero attached hydrogens (tertiary/aromatic N) is 2. The second-order valence-electron chi connectivity index (χ2n) is 5.19. The summed E-state index contributed by atoms with van der Waals surface area (Å²) in [6, 6.07) is 11.1. The Labute approximate surface area is 128 Å². The Balaban J connectivity index is 1.91. The van der Waals surface area contributed by atoms with Gasteiger partial charge in [0.1, 0.15) is 0 Å². The SMILES string of the molecule is COC(=O)CC1CN(C(=O)c2cccnc2)c2ccccc21. The quantitative estimate of drug-likeness (QED) is 0.816. The molecule has 22 heavy (non-hydrogen) atoms. The Bertz CT molecular complexity index is 700. The van der Waals surface area contributed by atoms with Gasteiger partial charge in [0.05, 0.1) is 19.1 Å². The van der Waals surface area contributed by atoms with Gasteiger partial charge in [0.25, 0.3) is 5.91 Å². The number of fused-ring (bicyclic) bond motifs is 1. The van der Waals surface area contributed by atoms with Crippen LogP contribution in [-0.4, -0.2) is 30.5 Å². The van der Waals surface area contributed by atoms with Gasteiger partial charge in [-0.25, -0.2) is 0 Å². The van der Waals surface area contributed by atoms with E-state index in [2.05, 4.69) is 4.98 Å². The summed E-state index contributed by atoms with van der Waals surface area (Å²) < 4.78 is 4.76. The summed E-state index contributed by atoms with van der Waals surface area (Å²) in [6.45, 7) is 0.474. The average molecular weight is 296 g/mol. The van der Waals surface area contributed by atoms with Gasteiger partial charge in [0.15, 0.2) is 0 Å². The normalized spacial score (nSPS) is 16.2. The van der Waals surface area contributed by atoms with Gasteiger partial charge in [-0.1, -0.05) is 18.2 Å². The zero-order valence-electron chi connectivity index (χ0n) is 12.2. The minimum Gasteiger partial charge on any atom is -0.469 e. The summed E-state index contributed by atoms with van der Waals surface area (Å²) in [5.74, 6) is -0.410. The first-order valence-electron chi connectivity index (χ1n) is 7.08. The number of rotatable bonds is 3. The van der Waals surface area contributed by atoms with Gasteiger partial charge in [-0.3, -0.25) is 14.6 Å². The largest absolute Gasteiger partial charge is 0.469 e. The van der Waals surface area contributed by atoms with Crippen molar-refractivity contribution in [2.24, 2.45) is 0 Å². The molecule has 1 aromatic carbocycles. The van der Waals surface area contributed by atoms with Crippen LogP contribution < -0.4 is 4.90 Å². The zero-order valence-corrected chi connectivity index (χ0v) is 12.2. The first-order chi connectivity index (χ1) is 10.7. The Hall–Kier alpha value is -2.69. The van der Waals surface area contributed by atoms with Crippen LogP contribution in [0.1, 0.15) is 28.3 Å². The van der Waals surface area contributed by atoms with E-state index >= 15 is 0 Å². The van der Waals surface area contributed by atoms with Gasteiger partial charge in [0, 0.05) is 30.5 Å². The predicted molar refractivity (Wildman–Crippen MR) is 81.7 cm³/mol. The smallest absolute Gasteiger partial charge is 0.306 e. The van der Waals surface area contributed by atoms with Crippen molar-refractivity contribution in [3.05, 3.63) is 59.9 Å². The fourth-order valence-corrected chi connectivity index (χ4v) is 2.79. The number of aromatic nitrogens is 1. The summed E-state index contributed by atoms with van der Waals surface area (Å²) in [6.07, 6.45) is 3.46. The van der Waals surface area contributed by atoms with Crippen LogP contribution in [0.25, 0.3) is 0 Å². The Kier molecular flexibility index (Phi) is 3.87. The molecule has 1 unspecified atom stereocenters. The number of benzene rings is 1. The predicted octanol–water partition coefficient (Wildman–Crippen LogP) is 2.39. The van der Waals surface area contributed by atoms with E-state index in [0.29, 0.717) is 12.1 Å². The van der Waals surface area contributed by atoms with Crippen LogP contribution in [0.5, 0.6) is 0 Å². The van der Waals surface area contributed by atoms with Gasteiger partial charge in [0.2, 0.25) is 0 Å². The second kappa shape index (κ2) is 5.97. The van der Waals surface area contributed by atoms with Crippen molar-refractivity contribution in [1.82, 2.24) is 4.98 Å². The molecule has 5 heteroatoms. The molecule has 112 valence electrons. The maximum Gasteiger partial charge on any atom is 0.306 e. The van der Waals surface area contributed by atoms with Gasteiger partial charge in [-0.15, -0.1) is 0 Å². The number of amides is 1. The number of hydrogen-bond donors (Lipinski definition) is 0. The summed E-state index contributed by atoms with van der Waals surface area (Å²) >= 11 is 0. The van der Waals surface area contributed by atoms with E-state index in [4.69, 9.17) is 4.74 Å². The monoisotopic (exact) mass is 296 g/mol. The number of esters is 1. The number of ether oxygens (including phenoxy) is 1. The highest BCUT2D eigenvalue weighted by atomic mass is 16.5. The molecule has 3 rings (SSSR count). The van der Waals surface area contributed by atoms with Crippen molar-refractivity contribution in [1.29, 1.82) is 0 Å². The fourth-order valence-electron chi connectivity index (χ4n) is 2.79. The third-order valence-electron chi connectivity index (χ3n) is 3.86. The van der Waals surface area contributed by atoms with E-state index in [1.165, 1.54) is 7.11 Å². The number of methoxy groups -OCH3 is 1. The molecule has 2 aromatic rings. The van der Waals surface area contributed by atoms with Crippen LogP contribution in [0.4, 0.5) is 5.69 Å². The fraction of sp³-hybridized carbons (Fsp3) is 0.235. The van der Waals surface area contributed by atoms with Crippen LogP contribution >= 0.6 is 0 Å². The van der Waals surface area contributed by atoms with E-state index in [1.807, 2.05) is 24.3 Å². The molecule has 0 aliphatic carbocycles. The summed E-state index contributed by atoms with van der Waals surface area (Å²) in [5.41, 5.74) is 2.39. The second-order valence-corrected chi connectivity index (χ2v) is 5.19. The maximum atomic E-state index is 12.7. The standard InChI is InChI=1S/C17H16N2O3/c1-22-16(20)9-13-11-19(15-7-3-2-6-14(13)15)17(21)12-5-4-8-18-10-12/h2-8,10,13H,9,11H2,1H3. The van der Waals surface area contributed by atoms with Crippen LogP contribution in [0.2, 0.25) is 0 Å². The van der Waals surface area contributed by atoms with Gasteiger partial charge in [-0.05, 0) is 23.8 Å². The molecule has 0 radical (unpaired) electrons. The zero-order chi connectivity index (χ0) is 15.5. The molecule has 1 aliphatic heterocycles. The molecule has 0 saturated carbocycles. The molecule has 0 bridgehead atoms. The summed E-state index contributed by atoms with van der Waals surface area (Å²) in [7, 11) is 1.38. The third kappa shape index (κ3) is 2.57. The van der Waals surface area contributed by atoms with Crippen molar-refractivity contribution in [3.63, 3.8) is 0 Å². The van der Waals surface area contributed by atoms with Crippen molar-refractivity contribution in [2.45, 2.75) is 12.3 Å². The molecule has 1 amide bonds. The number of carbonyl (C=O) groups is 2. The molecule has 0 spiro atoms. The molecule has 0 saturated heterocycles.